The highest BCUT2D eigenvalue weighted by atomic mass is 14.6. The van der Waals surface area contributed by atoms with Crippen LogP contribution in [0.1, 0.15) is 96.9 Å². The maximum absolute atomic E-state index is 2.61. The van der Waals surface area contributed by atoms with E-state index in [0.717, 1.165) is 0 Å². The Kier molecular flexibility index (Phi) is 4.38. The molecule has 0 radical (unpaired) electrons. The van der Waals surface area contributed by atoms with E-state index in [1.807, 2.05) is 0 Å². The Hall–Kier alpha value is -1.56. The molecular formula is C28H38. The number of rotatable bonds is 2. The Labute approximate surface area is 172 Å². The molecule has 28 heavy (non-hydrogen) atoms. The summed E-state index contributed by atoms with van der Waals surface area (Å²) >= 11 is 0. The molecule has 0 bridgehead atoms. The summed E-state index contributed by atoms with van der Waals surface area (Å²) in [5, 5.41) is 0. The zero-order chi connectivity index (χ0) is 20.5. The third-order valence-electron chi connectivity index (χ3n) is 8.45. The molecule has 1 atom stereocenters. The highest BCUT2D eigenvalue weighted by Crippen LogP contribution is 2.64. The van der Waals surface area contributed by atoms with E-state index in [4.69, 9.17) is 0 Å². The van der Waals surface area contributed by atoms with Crippen LogP contribution < -0.4 is 0 Å². The van der Waals surface area contributed by atoms with Crippen molar-refractivity contribution in [3.8, 4) is 0 Å². The van der Waals surface area contributed by atoms with Gasteiger partial charge < -0.3 is 0 Å². The van der Waals surface area contributed by atoms with Gasteiger partial charge in [0.2, 0.25) is 0 Å². The minimum absolute atomic E-state index is 0.0520. The van der Waals surface area contributed by atoms with Gasteiger partial charge in [0.25, 0.3) is 0 Å². The first-order chi connectivity index (χ1) is 13.0. The van der Waals surface area contributed by atoms with Gasteiger partial charge in [-0.3, -0.25) is 0 Å². The van der Waals surface area contributed by atoms with Crippen molar-refractivity contribution < 1.29 is 0 Å². The Bertz CT molecular complexity index is 902. The van der Waals surface area contributed by atoms with Gasteiger partial charge >= 0.3 is 0 Å². The van der Waals surface area contributed by atoms with Crippen molar-refractivity contribution in [1.29, 1.82) is 0 Å². The minimum Gasteiger partial charge on any atom is -0.0721 e. The number of fused-ring (bicyclic) bond motifs is 3. The van der Waals surface area contributed by atoms with E-state index in [0.29, 0.717) is 0 Å². The standard InChI is InChI=1S/C28H38/c1-18-19(2)21(4)27(8,20(18)3)28(17-26(5,6)7)16-15-23-14-13-22-11-9-10-12-24(22)25(23)28/h13-16H,9-12,17H2,1-8H3. The van der Waals surface area contributed by atoms with Crippen molar-refractivity contribution in [2.75, 3.05) is 0 Å². The second-order valence-corrected chi connectivity index (χ2v) is 11.0. The maximum Gasteiger partial charge on any atom is 0.0277 e. The van der Waals surface area contributed by atoms with Crippen LogP contribution in [0.2, 0.25) is 0 Å². The van der Waals surface area contributed by atoms with Gasteiger partial charge in [-0.05, 0) is 98.6 Å². The van der Waals surface area contributed by atoms with E-state index < -0.39 is 0 Å². The molecule has 0 nitrogen and oxygen atoms in total. The van der Waals surface area contributed by atoms with Crippen LogP contribution in [-0.2, 0) is 18.3 Å². The summed E-state index contributed by atoms with van der Waals surface area (Å²) < 4.78 is 0. The molecule has 0 amide bonds. The fourth-order valence-corrected chi connectivity index (χ4v) is 6.67. The average molecular weight is 375 g/mol. The van der Waals surface area contributed by atoms with Crippen molar-refractivity contribution in [1.82, 2.24) is 0 Å². The summed E-state index contributed by atoms with van der Waals surface area (Å²) in [6.45, 7) is 19.3. The predicted molar refractivity (Wildman–Crippen MR) is 123 cm³/mol. The first kappa shape index (κ1) is 19.7. The van der Waals surface area contributed by atoms with Crippen LogP contribution in [0, 0.1) is 10.8 Å². The van der Waals surface area contributed by atoms with Crippen LogP contribution in [0.25, 0.3) is 6.08 Å². The van der Waals surface area contributed by atoms with Gasteiger partial charge in [0, 0.05) is 10.8 Å². The van der Waals surface area contributed by atoms with E-state index >= 15 is 0 Å². The third kappa shape index (κ3) is 2.49. The lowest BCUT2D eigenvalue weighted by atomic mass is 9.52. The van der Waals surface area contributed by atoms with E-state index in [1.165, 1.54) is 48.8 Å². The molecule has 0 heterocycles. The van der Waals surface area contributed by atoms with Gasteiger partial charge in [-0.15, -0.1) is 0 Å². The number of aryl methyl sites for hydroxylation is 1. The molecule has 0 aliphatic heterocycles. The third-order valence-corrected chi connectivity index (χ3v) is 8.45. The predicted octanol–water partition coefficient (Wildman–Crippen LogP) is 7.96. The van der Waals surface area contributed by atoms with Crippen LogP contribution in [0.15, 0.2) is 40.5 Å². The minimum atomic E-state index is 0.0520. The smallest absolute Gasteiger partial charge is 0.0277 e. The molecule has 0 aromatic heterocycles. The topological polar surface area (TPSA) is 0 Å². The maximum atomic E-state index is 2.61. The normalized spacial score (nSPS) is 26.1. The molecule has 0 spiro atoms. The quantitative estimate of drug-likeness (QED) is 0.492. The monoisotopic (exact) mass is 374 g/mol. The first-order valence-electron chi connectivity index (χ1n) is 11.2. The van der Waals surface area contributed by atoms with Crippen molar-refractivity contribution >= 4 is 6.08 Å². The summed E-state index contributed by atoms with van der Waals surface area (Å²) in [4.78, 5) is 0. The molecule has 1 aromatic rings. The average Bonchev–Trinajstić information content (AvgIpc) is 3.09. The molecular weight excluding hydrogens is 336 g/mol. The van der Waals surface area contributed by atoms with Gasteiger partial charge in [-0.1, -0.05) is 63.1 Å². The van der Waals surface area contributed by atoms with E-state index in [-0.39, 0.29) is 16.2 Å². The molecule has 0 heteroatoms. The molecule has 1 unspecified atom stereocenters. The zero-order valence-corrected chi connectivity index (χ0v) is 19.3. The summed E-state index contributed by atoms with van der Waals surface area (Å²) in [5.74, 6) is 0. The molecule has 1 aromatic carbocycles. The Morgan fingerprint density at radius 2 is 1.50 bits per heavy atom. The molecule has 150 valence electrons. The van der Waals surface area contributed by atoms with Gasteiger partial charge in [0.05, 0.1) is 0 Å². The summed E-state index contributed by atoms with van der Waals surface area (Å²) in [6, 6.07) is 4.83. The summed E-state index contributed by atoms with van der Waals surface area (Å²) in [5.41, 5.74) is 13.0. The lowest BCUT2D eigenvalue weighted by Crippen LogP contribution is -2.46. The second-order valence-electron chi connectivity index (χ2n) is 11.0. The lowest BCUT2D eigenvalue weighted by Gasteiger charge is -2.51. The summed E-state index contributed by atoms with van der Waals surface area (Å²) in [7, 11) is 0. The van der Waals surface area contributed by atoms with Crippen LogP contribution in [0.4, 0.5) is 0 Å². The molecule has 3 aliphatic carbocycles. The number of hydrogen-bond donors (Lipinski definition) is 0. The first-order valence-corrected chi connectivity index (χ1v) is 11.2. The highest BCUT2D eigenvalue weighted by Gasteiger charge is 2.56. The van der Waals surface area contributed by atoms with E-state index in [9.17, 15) is 0 Å². The molecule has 4 rings (SSSR count). The van der Waals surface area contributed by atoms with Crippen LogP contribution >= 0.6 is 0 Å². The van der Waals surface area contributed by atoms with Crippen molar-refractivity contribution in [3.63, 3.8) is 0 Å². The van der Waals surface area contributed by atoms with Gasteiger partial charge in [-0.25, -0.2) is 0 Å². The SMILES string of the molecule is CC1=C(C)C(C)(C2(CC(C)(C)C)C=Cc3ccc4c(c32)CCCC4)C(C)=C1C. The Balaban J connectivity index is 2.06. The number of allylic oxidation sites excluding steroid dienone is 5. The lowest BCUT2D eigenvalue weighted by molar-refractivity contribution is 0.194. The Morgan fingerprint density at radius 3 is 2.11 bits per heavy atom. The molecule has 0 N–H and O–H groups in total. The van der Waals surface area contributed by atoms with Crippen molar-refractivity contribution in [3.05, 3.63) is 62.8 Å². The fourth-order valence-electron chi connectivity index (χ4n) is 6.67. The Morgan fingerprint density at radius 1 is 0.893 bits per heavy atom. The van der Waals surface area contributed by atoms with E-state index in [1.54, 1.807) is 27.8 Å². The largest absolute Gasteiger partial charge is 0.0721 e. The zero-order valence-electron chi connectivity index (χ0n) is 19.3. The second kappa shape index (κ2) is 6.22. The van der Waals surface area contributed by atoms with E-state index in [2.05, 4.69) is 79.7 Å². The molecule has 0 saturated carbocycles. The highest BCUT2D eigenvalue weighted by molar-refractivity contribution is 5.72. The molecule has 3 aliphatic rings. The molecule has 0 fully saturated rings. The van der Waals surface area contributed by atoms with Crippen molar-refractivity contribution in [2.45, 2.75) is 92.9 Å². The van der Waals surface area contributed by atoms with Gasteiger partial charge in [0.15, 0.2) is 0 Å². The molecule has 0 saturated heterocycles. The van der Waals surface area contributed by atoms with Crippen LogP contribution in [-0.4, -0.2) is 0 Å². The van der Waals surface area contributed by atoms with Gasteiger partial charge in [0.1, 0.15) is 0 Å². The van der Waals surface area contributed by atoms with Crippen molar-refractivity contribution in [2.24, 2.45) is 10.8 Å². The van der Waals surface area contributed by atoms with Crippen LogP contribution in [0.3, 0.4) is 0 Å². The number of hydrogen-bond acceptors (Lipinski definition) is 0. The van der Waals surface area contributed by atoms with Crippen LogP contribution in [0.5, 0.6) is 0 Å². The summed E-state index contributed by atoms with van der Waals surface area (Å²) in [6.07, 6.45) is 11.4. The van der Waals surface area contributed by atoms with Gasteiger partial charge in [-0.2, -0.15) is 0 Å². The number of benzene rings is 1. The fraction of sp³-hybridized carbons (Fsp3) is 0.571.